The molecule has 3 N–H and O–H groups in total. The van der Waals surface area contributed by atoms with Gasteiger partial charge in [0.05, 0.1) is 17.4 Å². The minimum Gasteiger partial charge on any atom is -0.508 e. The van der Waals surface area contributed by atoms with Gasteiger partial charge in [-0.05, 0) is 67.1 Å². The van der Waals surface area contributed by atoms with Crippen molar-refractivity contribution in [2.45, 2.75) is 46.6 Å². The average Bonchev–Trinajstić information content (AvgIpc) is 2.73. The van der Waals surface area contributed by atoms with Gasteiger partial charge < -0.3 is 15.7 Å². The number of carbonyl (C=O) groups is 1. The van der Waals surface area contributed by atoms with Crippen LogP contribution in [0, 0.1) is 19.3 Å². The van der Waals surface area contributed by atoms with Crippen LogP contribution in [-0.2, 0) is 4.79 Å². The van der Waals surface area contributed by atoms with Crippen molar-refractivity contribution >= 4 is 28.8 Å². The number of Topliss-reactive ketones (excluding diaryl/α,β-unsaturated/α-hetero) is 1. The van der Waals surface area contributed by atoms with E-state index in [2.05, 4.69) is 50.5 Å². The van der Waals surface area contributed by atoms with Crippen LogP contribution in [0.1, 0.15) is 49.4 Å². The lowest BCUT2D eigenvalue weighted by Gasteiger charge is -2.34. The third-order valence-electron chi connectivity index (χ3n) is 5.73. The summed E-state index contributed by atoms with van der Waals surface area (Å²) in [6.45, 7) is 8.37. The van der Waals surface area contributed by atoms with E-state index in [9.17, 15) is 9.90 Å². The van der Waals surface area contributed by atoms with E-state index >= 15 is 0 Å². The number of benzene rings is 2. The predicted octanol–water partition coefficient (Wildman–Crippen LogP) is 5.88. The number of ketones is 1. The van der Waals surface area contributed by atoms with E-state index in [1.165, 1.54) is 5.56 Å². The highest BCUT2D eigenvalue weighted by Crippen LogP contribution is 2.47. The Morgan fingerprint density at radius 3 is 2.46 bits per heavy atom. The second kappa shape index (κ2) is 6.56. The van der Waals surface area contributed by atoms with Gasteiger partial charge in [-0.3, -0.25) is 4.79 Å². The first kappa shape index (κ1) is 18.9. The van der Waals surface area contributed by atoms with E-state index in [1.807, 2.05) is 0 Å². The number of nitrogens with one attached hydrogen (secondary N) is 2. The van der Waals surface area contributed by atoms with Crippen LogP contribution in [0.3, 0.4) is 0 Å². The summed E-state index contributed by atoms with van der Waals surface area (Å²) in [4.78, 5) is 13.2. The molecule has 2 aromatic carbocycles. The van der Waals surface area contributed by atoms with Crippen LogP contribution in [0.2, 0.25) is 5.02 Å². The van der Waals surface area contributed by atoms with Crippen LogP contribution in [0.5, 0.6) is 5.75 Å². The highest BCUT2D eigenvalue weighted by Gasteiger charge is 2.39. The normalized spacial score (nSPS) is 20.6. The Hall–Kier alpha value is -2.46. The zero-order valence-corrected chi connectivity index (χ0v) is 17.4. The molecule has 1 aliphatic heterocycles. The van der Waals surface area contributed by atoms with Gasteiger partial charge in [-0.2, -0.15) is 0 Å². The van der Waals surface area contributed by atoms with E-state index in [4.69, 9.17) is 11.6 Å². The number of allylic oxidation sites excluding steroid dienone is 1. The zero-order chi connectivity index (χ0) is 20.2. The minimum atomic E-state index is -0.465. The summed E-state index contributed by atoms with van der Waals surface area (Å²) in [5.74, 6) is 0.218. The van der Waals surface area contributed by atoms with Gasteiger partial charge in [0.2, 0.25) is 0 Å². The Kier molecular flexibility index (Phi) is 4.42. The van der Waals surface area contributed by atoms with Crippen molar-refractivity contribution in [1.29, 1.82) is 0 Å². The molecule has 0 amide bonds. The lowest BCUT2D eigenvalue weighted by Crippen LogP contribution is -2.31. The molecule has 4 nitrogen and oxygen atoms in total. The predicted molar refractivity (Wildman–Crippen MR) is 114 cm³/mol. The van der Waals surface area contributed by atoms with Gasteiger partial charge in [0, 0.05) is 28.3 Å². The summed E-state index contributed by atoms with van der Waals surface area (Å²) >= 11 is 6.22. The van der Waals surface area contributed by atoms with Crippen LogP contribution in [0.15, 0.2) is 41.6 Å². The summed E-state index contributed by atoms with van der Waals surface area (Å²) in [5.41, 5.74) is 6.30. The molecule has 0 fully saturated rings. The van der Waals surface area contributed by atoms with Crippen molar-refractivity contribution in [3.8, 4) is 5.75 Å². The Morgan fingerprint density at radius 1 is 1.07 bits per heavy atom. The summed E-state index contributed by atoms with van der Waals surface area (Å²) in [6, 6.07) is 8.69. The second-order valence-electron chi connectivity index (χ2n) is 8.72. The molecule has 0 bridgehead atoms. The fraction of sp³-hybridized carbons (Fsp3) is 0.348. The summed E-state index contributed by atoms with van der Waals surface area (Å²) in [7, 11) is 0. The quantitative estimate of drug-likeness (QED) is 0.562. The summed E-state index contributed by atoms with van der Waals surface area (Å²) in [5, 5.41) is 18.1. The third-order valence-corrected chi connectivity index (χ3v) is 5.96. The minimum absolute atomic E-state index is 0.0943. The number of phenols is 1. The van der Waals surface area contributed by atoms with E-state index in [1.54, 1.807) is 18.2 Å². The summed E-state index contributed by atoms with van der Waals surface area (Å²) in [6.07, 6.45) is 1.24. The van der Waals surface area contributed by atoms with Gasteiger partial charge in [0.25, 0.3) is 0 Å². The first-order chi connectivity index (χ1) is 13.1. The highest BCUT2D eigenvalue weighted by molar-refractivity contribution is 6.30. The lowest BCUT2D eigenvalue weighted by atomic mass is 9.73. The fourth-order valence-corrected chi connectivity index (χ4v) is 4.38. The fourth-order valence-electron chi connectivity index (χ4n) is 4.20. The summed E-state index contributed by atoms with van der Waals surface area (Å²) < 4.78 is 0. The number of carbonyl (C=O) groups excluding carboxylic acids is 1. The topological polar surface area (TPSA) is 61.4 Å². The van der Waals surface area contributed by atoms with Gasteiger partial charge >= 0.3 is 0 Å². The molecule has 0 spiro atoms. The zero-order valence-electron chi connectivity index (χ0n) is 16.6. The number of fused-ring (bicyclic) bond motifs is 1. The van der Waals surface area contributed by atoms with Crippen molar-refractivity contribution in [2.75, 3.05) is 10.6 Å². The largest absolute Gasteiger partial charge is 0.508 e. The van der Waals surface area contributed by atoms with E-state index in [-0.39, 0.29) is 16.9 Å². The number of hydrogen-bond donors (Lipinski definition) is 3. The van der Waals surface area contributed by atoms with Gasteiger partial charge in [-0.15, -0.1) is 0 Å². The smallest absolute Gasteiger partial charge is 0.163 e. The Labute approximate surface area is 170 Å². The Bertz CT molecular complexity index is 1020. The van der Waals surface area contributed by atoms with E-state index in [0.29, 0.717) is 22.6 Å². The van der Waals surface area contributed by atoms with Crippen LogP contribution < -0.4 is 10.6 Å². The van der Waals surface area contributed by atoms with Gasteiger partial charge in [-0.1, -0.05) is 25.4 Å². The molecule has 1 heterocycles. The standard InChI is InChI=1S/C23H25ClN2O2/c1-12-7-16-17(8-13(12)2)26-22(15-9-14(24)5-6-19(15)27)21-18(25-16)10-23(3,4)11-20(21)28/h5-9,22,25-27H,10-11H2,1-4H3/t22-/m0/s1. The first-order valence-electron chi connectivity index (χ1n) is 9.54. The molecule has 1 aliphatic carbocycles. The van der Waals surface area contributed by atoms with Crippen LogP contribution in [0.25, 0.3) is 0 Å². The van der Waals surface area contributed by atoms with E-state index in [0.717, 1.165) is 29.1 Å². The number of halogens is 1. The number of phenolic OH excluding ortho intramolecular Hbond substituents is 1. The van der Waals surface area contributed by atoms with Crippen molar-refractivity contribution in [3.05, 3.63) is 63.3 Å². The molecule has 0 unspecified atom stereocenters. The van der Waals surface area contributed by atoms with Gasteiger partial charge in [0.1, 0.15) is 5.75 Å². The molecular formula is C23H25ClN2O2. The first-order valence-corrected chi connectivity index (χ1v) is 9.92. The molecule has 2 aromatic rings. The molecule has 146 valence electrons. The van der Waals surface area contributed by atoms with Gasteiger partial charge in [-0.25, -0.2) is 0 Å². The number of hydrogen-bond acceptors (Lipinski definition) is 4. The number of aromatic hydroxyl groups is 1. The highest BCUT2D eigenvalue weighted by atomic mass is 35.5. The number of rotatable bonds is 1. The molecule has 4 rings (SSSR count). The lowest BCUT2D eigenvalue weighted by molar-refractivity contribution is -0.118. The van der Waals surface area contributed by atoms with Crippen LogP contribution in [0.4, 0.5) is 11.4 Å². The molecule has 0 radical (unpaired) electrons. The molecule has 0 saturated carbocycles. The number of anilines is 2. The molecule has 0 aromatic heterocycles. The van der Waals surface area contributed by atoms with Gasteiger partial charge in [0.15, 0.2) is 5.78 Å². The molecule has 2 aliphatic rings. The van der Waals surface area contributed by atoms with Crippen molar-refractivity contribution in [2.24, 2.45) is 5.41 Å². The Balaban J connectivity index is 1.95. The Morgan fingerprint density at radius 2 is 1.75 bits per heavy atom. The maximum Gasteiger partial charge on any atom is 0.163 e. The molecule has 0 saturated heterocycles. The van der Waals surface area contributed by atoms with Crippen molar-refractivity contribution in [3.63, 3.8) is 0 Å². The second-order valence-corrected chi connectivity index (χ2v) is 9.16. The number of aryl methyl sites for hydroxylation is 2. The maximum atomic E-state index is 13.2. The average molecular weight is 397 g/mol. The molecule has 1 atom stereocenters. The molecule has 5 heteroatoms. The maximum absolute atomic E-state index is 13.2. The monoisotopic (exact) mass is 396 g/mol. The molecule has 28 heavy (non-hydrogen) atoms. The SMILES string of the molecule is Cc1cc2c(cc1C)N[C@@H](c1cc(Cl)ccc1O)C1=C(CC(C)(C)CC1=O)N2. The third kappa shape index (κ3) is 3.26. The van der Waals surface area contributed by atoms with Crippen LogP contribution >= 0.6 is 11.6 Å². The van der Waals surface area contributed by atoms with E-state index < -0.39 is 6.04 Å². The molecular weight excluding hydrogens is 372 g/mol. The van der Waals surface area contributed by atoms with Crippen molar-refractivity contribution < 1.29 is 9.90 Å². The van der Waals surface area contributed by atoms with Crippen molar-refractivity contribution in [1.82, 2.24) is 0 Å². The van der Waals surface area contributed by atoms with Crippen LogP contribution in [-0.4, -0.2) is 10.9 Å².